The molecule has 1 aliphatic carbocycles. The molecule has 3 aromatic rings. The van der Waals surface area contributed by atoms with Crippen LogP contribution in [0, 0.1) is 11.8 Å². The Labute approximate surface area is 210 Å². The second-order valence-corrected chi connectivity index (χ2v) is 9.56. The van der Waals surface area contributed by atoms with Crippen molar-refractivity contribution in [2.45, 2.75) is 39.5 Å². The SMILES string of the molecule is CCN(CC)C(=O)C1CCCN(C(=O)c2ccc(-c3cccc4nc(NC(=O)C5CC5)nn34)cc2)C1. The molecule has 0 radical (unpaired) electrons. The molecule has 9 nitrogen and oxygen atoms in total. The van der Waals surface area contributed by atoms with E-state index in [0.29, 0.717) is 43.3 Å². The van der Waals surface area contributed by atoms with Gasteiger partial charge in [0.1, 0.15) is 0 Å². The lowest BCUT2D eigenvalue weighted by Gasteiger charge is -2.34. The third-order valence-electron chi connectivity index (χ3n) is 7.10. The van der Waals surface area contributed by atoms with Gasteiger partial charge < -0.3 is 9.80 Å². The summed E-state index contributed by atoms with van der Waals surface area (Å²) in [7, 11) is 0. The average Bonchev–Trinajstić information content (AvgIpc) is 3.69. The lowest BCUT2D eigenvalue weighted by atomic mass is 9.95. The van der Waals surface area contributed by atoms with Crippen molar-refractivity contribution in [3.05, 3.63) is 48.0 Å². The van der Waals surface area contributed by atoms with Crippen LogP contribution in [0.2, 0.25) is 0 Å². The molecule has 0 spiro atoms. The van der Waals surface area contributed by atoms with E-state index >= 15 is 0 Å². The van der Waals surface area contributed by atoms with E-state index in [1.807, 2.05) is 61.2 Å². The first-order valence-electron chi connectivity index (χ1n) is 12.8. The average molecular weight is 489 g/mol. The topological polar surface area (TPSA) is 99.9 Å². The van der Waals surface area contributed by atoms with Gasteiger partial charge >= 0.3 is 0 Å². The van der Waals surface area contributed by atoms with Gasteiger partial charge in [-0.25, -0.2) is 4.52 Å². The maximum Gasteiger partial charge on any atom is 0.253 e. The van der Waals surface area contributed by atoms with Gasteiger partial charge in [0.25, 0.3) is 5.91 Å². The summed E-state index contributed by atoms with van der Waals surface area (Å²) in [6.45, 7) is 6.47. The Morgan fingerprint density at radius 2 is 1.75 bits per heavy atom. The Balaban J connectivity index is 1.31. The Morgan fingerprint density at radius 1 is 1.00 bits per heavy atom. The van der Waals surface area contributed by atoms with Crippen molar-refractivity contribution in [2.24, 2.45) is 11.8 Å². The standard InChI is InChI=1S/C27H32N6O3/c1-3-31(4-2)26(36)21-7-6-16-32(17-21)25(35)20-14-10-18(11-15-20)22-8-5-9-23-28-27(30-33(22)23)29-24(34)19-12-13-19/h5,8-11,14-15,19,21H,3-4,6-7,12-13,16-17H2,1-2H3,(H,29,30,34). The lowest BCUT2D eigenvalue weighted by molar-refractivity contribution is -0.136. The molecule has 1 N–H and O–H groups in total. The zero-order valence-corrected chi connectivity index (χ0v) is 20.8. The van der Waals surface area contributed by atoms with Gasteiger partial charge in [-0.3, -0.25) is 19.7 Å². The number of piperidine rings is 1. The summed E-state index contributed by atoms with van der Waals surface area (Å²) in [5, 5.41) is 7.28. The Bertz CT molecular complexity index is 1280. The van der Waals surface area contributed by atoms with Crippen LogP contribution in [-0.2, 0) is 9.59 Å². The molecule has 1 unspecified atom stereocenters. The number of likely N-dealkylation sites (tertiary alicyclic amines) is 1. The van der Waals surface area contributed by atoms with E-state index in [-0.39, 0.29) is 29.6 Å². The summed E-state index contributed by atoms with van der Waals surface area (Å²) in [4.78, 5) is 46.2. The largest absolute Gasteiger partial charge is 0.343 e. The second-order valence-electron chi connectivity index (χ2n) is 9.56. The molecule has 2 aromatic heterocycles. The molecular formula is C27H32N6O3. The number of amides is 3. The minimum atomic E-state index is -0.138. The van der Waals surface area contributed by atoms with E-state index < -0.39 is 0 Å². The van der Waals surface area contributed by atoms with Gasteiger partial charge in [0.05, 0.1) is 11.6 Å². The molecule has 5 rings (SSSR count). The van der Waals surface area contributed by atoms with E-state index in [4.69, 9.17) is 0 Å². The number of rotatable bonds is 7. The number of pyridine rings is 1. The molecule has 2 fully saturated rings. The van der Waals surface area contributed by atoms with Crippen LogP contribution >= 0.6 is 0 Å². The maximum absolute atomic E-state index is 13.2. The van der Waals surface area contributed by atoms with Crippen molar-refractivity contribution in [2.75, 3.05) is 31.5 Å². The van der Waals surface area contributed by atoms with E-state index in [1.165, 1.54) is 0 Å². The van der Waals surface area contributed by atoms with Crippen LogP contribution in [-0.4, -0.2) is 68.3 Å². The fourth-order valence-corrected chi connectivity index (χ4v) is 4.86. The van der Waals surface area contributed by atoms with Gasteiger partial charge in [-0.2, -0.15) is 4.98 Å². The molecular weight excluding hydrogens is 456 g/mol. The molecule has 1 aromatic carbocycles. The van der Waals surface area contributed by atoms with Gasteiger partial charge in [-0.1, -0.05) is 18.2 Å². The summed E-state index contributed by atoms with van der Waals surface area (Å²) in [5.74, 6) is 0.288. The van der Waals surface area contributed by atoms with Gasteiger partial charge in [0.2, 0.25) is 17.8 Å². The normalized spacial score (nSPS) is 17.7. The highest BCUT2D eigenvalue weighted by atomic mass is 16.2. The van der Waals surface area contributed by atoms with E-state index in [2.05, 4.69) is 15.4 Å². The molecule has 3 amide bonds. The summed E-state index contributed by atoms with van der Waals surface area (Å²) in [6.07, 6.45) is 3.48. The molecule has 2 aliphatic rings. The lowest BCUT2D eigenvalue weighted by Crippen LogP contribution is -2.46. The van der Waals surface area contributed by atoms with Crippen LogP contribution < -0.4 is 5.32 Å². The zero-order valence-electron chi connectivity index (χ0n) is 20.8. The van der Waals surface area contributed by atoms with Crippen LogP contribution in [0.25, 0.3) is 16.9 Å². The molecule has 3 heterocycles. The van der Waals surface area contributed by atoms with Crippen LogP contribution in [0.1, 0.15) is 49.9 Å². The quantitative estimate of drug-likeness (QED) is 0.549. The third kappa shape index (κ3) is 4.82. The Morgan fingerprint density at radius 3 is 2.44 bits per heavy atom. The molecule has 1 atom stereocenters. The third-order valence-corrected chi connectivity index (χ3v) is 7.10. The van der Waals surface area contributed by atoms with Crippen molar-refractivity contribution in [1.82, 2.24) is 24.4 Å². The van der Waals surface area contributed by atoms with Gasteiger partial charge in [0, 0.05) is 43.2 Å². The van der Waals surface area contributed by atoms with Gasteiger partial charge in [-0.15, -0.1) is 5.10 Å². The molecule has 1 saturated heterocycles. The molecule has 0 bridgehead atoms. The van der Waals surface area contributed by atoms with E-state index in [9.17, 15) is 14.4 Å². The monoisotopic (exact) mass is 488 g/mol. The highest BCUT2D eigenvalue weighted by molar-refractivity contribution is 5.95. The first-order valence-corrected chi connectivity index (χ1v) is 12.8. The number of fused-ring (bicyclic) bond motifs is 1. The fraction of sp³-hybridized carbons (Fsp3) is 0.444. The van der Waals surface area contributed by atoms with E-state index in [1.54, 1.807) is 9.42 Å². The minimum absolute atomic E-state index is 0.0333. The fourth-order valence-electron chi connectivity index (χ4n) is 4.86. The molecule has 9 heteroatoms. The van der Waals surface area contributed by atoms with Crippen LogP contribution in [0.3, 0.4) is 0 Å². The van der Waals surface area contributed by atoms with Crippen molar-refractivity contribution >= 4 is 29.3 Å². The number of anilines is 1. The van der Waals surface area contributed by atoms with Crippen LogP contribution in [0.4, 0.5) is 5.95 Å². The molecule has 188 valence electrons. The van der Waals surface area contributed by atoms with Crippen LogP contribution in [0.15, 0.2) is 42.5 Å². The van der Waals surface area contributed by atoms with Gasteiger partial charge in [0.15, 0.2) is 5.65 Å². The number of aromatic nitrogens is 3. The molecule has 1 aliphatic heterocycles. The summed E-state index contributed by atoms with van der Waals surface area (Å²) < 4.78 is 1.70. The van der Waals surface area contributed by atoms with Crippen LogP contribution in [0.5, 0.6) is 0 Å². The number of hydrogen-bond donors (Lipinski definition) is 1. The van der Waals surface area contributed by atoms with Crippen molar-refractivity contribution in [1.29, 1.82) is 0 Å². The molecule has 1 saturated carbocycles. The predicted octanol–water partition coefficient (Wildman–Crippen LogP) is 3.47. The van der Waals surface area contributed by atoms with Gasteiger partial charge in [-0.05, 0) is 63.8 Å². The highest BCUT2D eigenvalue weighted by Crippen LogP contribution is 2.30. The zero-order chi connectivity index (χ0) is 25.2. The second kappa shape index (κ2) is 10.1. The van der Waals surface area contributed by atoms with Crippen molar-refractivity contribution in [3.8, 4) is 11.3 Å². The first-order chi connectivity index (χ1) is 17.5. The maximum atomic E-state index is 13.2. The number of nitrogens with one attached hydrogen (secondary N) is 1. The summed E-state index contributed by atoms with van der Waals surface area (Å²) >= 11 is 0. The summed E-state index contributed by atoms with van der Waals surface area (Å²) in [5.41, 5.74) is 2.93. The number of carbonyl (C=O) groups is 3. The smallest absolute Gasteiger partial charge is 0.253 e. The number of benzene rings is 1. The highest BCUT2D eigenvalue weighted by Gasteiger charge is 2.31. The van der Waals surface area contributed by atoms with E-state index in [0.717, 1.165) is 36.9 Å². The number of nitrogens with zero attached hydrogens (tertiary/aromatic N) is 5. The Kier molecular flexibility index (Phi) is 6.71. The first kappa shape index (κ1) is 24.0. The van der Waals surface area contributed by atoms with Crippen molar-refractivity contribution in [3.63, 3.8) is 0 Å². The minimum Gasteiger partial charge on any atom is -0.343 e. The number of hydrogen-bond acceptors (Lipinski definition) is 5. The summed E-state index contributed by atoms with van der Waals surface area (Å²) in [6, 6.07) is 13.1. The molecule has 36 heavy (non-hydrogen) atoms. The Hall–Kier alpha value is -3.75. The van der Waals surface area contributed by atoms with Crippen molar-refractivity contribution < 1.29 is 14.4 Å². The predicted molar refractivity (Wildman–Crippen MR) is 136 cm³/mol. The number of carbonyl (C=O) groups excluding carboxylic acids is 3.